The third-order valence-electron chi connectivity index (χ3n) is 4.34. The largest absolute Gasteiger partial charge is 0.352 e. The molecule has 3 unspecified atom stereocenters. The lowest BCUT2D eigenvalue weighted by Gasteiger charge is -2.28. The molecule has 0 aromatic heterocycles. The van der Waals surface area contributed by atoms with E-state index in [9.17, 15) is 4.79 Å². The summed E-state index contributed by atoms with van der Waals surface area (Å²) in [6.07, 6.45) is 5.38. The van der Waals surface area contributed by atoms with Crippen molar-refractivity contribution in [3.8, 4) is 0 Å². The molecule has 0 spiro atoms. The Labute approximate surface area is 128 Å². The number of rotatable bonds is 6. The summed E-state index contributed by atoms with van der Waals surface area (Å²) in [7, 11) is 0. The second-order valence-corrected chi connectivity index (χ2v) is 6.30. The predicted octanol–water partition coefficient (Wildman–Crippen LogP) is 2.83. The Bertz CT molecular complexity index is 472. The lowest BCUT2D eigenvalue weighted by atomic mass is 9.88. The quantitative estimate of drug-likeness (QED) is 0.845. The molecule has 116 valence electrons. The van der Waals surface area contributed by atoms with Gasteiger partial charge in [0.1, 0.15) is 0 Å². The summed E-state index contributed by atoms with van der Waals surface area (Å²) in [6, 6.07) is 9.17. The zero-order valence-corrected chi connectivity index (χ0v) is 13.5. The molecule has 0 fully saturated rings. The number of benzene rings is 1. The second kappa shape index (κ2) is 7.60. The average Bonchev–Trinajstić information content (AvgIpc) is 2.47. The van der Waals surface area contributed by atoms with Crippen LogP contribution in [0, 0.1) is 0 Å². The maximum absolute atomic E-state index is 12.2. The Balaban J connectivity index is 1.83. The summed E-state index contributed by atoms with van der Waals surface area (Å²) in [4.78, 5) is 12.2. The summed E-state index contributed by atoms with van der Waals surface area (Å²) >= 11 is 0. The highest BCUT2D eigenvalue weighted by Gasteiger charge is 2.22. The summed E-state index contributed by atoms with van der Waals surface area (Å²) < 4.78 is 0. The van der Waals surface area contributed by atoms with Crippen molar-refractivity contribution in [1.82, 2.24) is 10.6 Å². The number of carbonyl (C=O) groups is 1. The topological polar surface area (TPSA) is 41.1 Å². The van der Waals surface area contributed by atoms with Gasteiger partial charge in [-0.05, 0) is 50.7 Å². The molecule has 21 heavy (non-hydrogen) atoms. The van der Waals surface area contributed by atoms with Crippen molar-refractivity contribution in [2.75, 3.05) is 0 Å². The minimum absolute atomic E-state index is 0.120. The summed E-state index contributed by atoms with van der Waals surface area (Å²) in [5.74, 6) is 0.120. The fourth-order valence-electron chi connectivity index (χ4n) is 3.14. The first-order valence-corrected chi connectivity index (χ1v) is 8.23. The van der Waals surface area contributed by atoms with Gasteiger partial charge in [0, 0.05) is 12.1 Å². The third kappa shape index (κ3) is 4.57. The van der Waals surface area contributed by atoms with E-state index in [0.717, 1.165) is 32.1 Å². The van der Waals surface area contributed by atoms with Gasteiger partial charge in [0.05, 0.1) is 6.04 Å². The SMILES string of the molecule is CCCC(C)NC(=O)C(C)NC1CCc2ccccc2C1. The van der Waals surface area contributed by atoms with E-state index in [1.54, 1.807) is 0 Å². The van der Waals surface area contributed by atoms with E-state index in [-0.39, 0.29) is 18.0 Å². The zero-order valence-electron chi connectivity index (χ0n) is 13.5. The van der Waals surface area contributed by atoms with Gasteiger partial charge in [-0.1, -0.05) is 37.6 Å². The molecule has 0 heterocycles. The molecule has 2 N–H and O–H groups in total. The van der Waals surface area contributed by atoms with Crippen LogP contribution in [0.5, 0.6) is 0 Å². The Kier molecular flexibility index (Phi) is 5.80. The molecular weight excluding hydrogens is 260 g/mol. The molecule has 0 radical (unpaired) electrons. The normalized spacial score (nSPS) is 20.4. The van der Waals surface area contributed by atoms with Gasteiger partial charge in [0.2, 0.25) is 5.91 Å². The molecule has 1 aliphatic carbocycles. The lowest BCUT2D eigenvalue weighted by molar-refractivity contribution is -0.123. The van der Waals surface area contributed by atoms with Gasteiger partial charge in [-0.15, -0.1) is 0 Å². The predicted molar refractivity (Wildman–Crippen MR) is 87.4 cm³/mol. The van der Waals surface area contributed by atoms with Crippen molar-refractivity contribution < 1.29 is 4.79 Å². The molecule has 0 saturated carbocycles. The average molecular weight is 288 g/mol. The smallest absolute Gasteiger partial charge is 0.237 e. The number of nitrogens with one attached hydrogen (secondary N) is 2. The van der Waals surface area contributed by atoms with Crippen molar-refractivity contribution in [1.29, 1.82) is 0 Å². The van der Waals surface area contributed by atoms with Crippen LogP contribution in [0.1, 0.15) is 51.2 Å². The fraction of sp³-hybridized carbons (Fsp3) is 0.611. The van der Waals surface area contributed by atoms with Crippen LogP contribution in [0.4, 0.5) is 0 Å². The van der Waals surface area contributed by atoms with Crippen molar-refractivity contribution in [2.45, 2.75) is 71.0 Å². The second-order valence-electron chi connectivity index (χ2n) is 6.30. The first-order valence-electron chi connectivity index (χ1n) is 8.23. The van der Waals surface area contributed by atoms with Gasteiger partial charge >= 0.3 is 0 Å². The van der Waals surface area contributed by atoms with Crippen LogP contribution < -0.4 is 10.6 Å². The molecule has 0 saturated heterocycles. The number of carbonyl (C=O) groups excluding carboxylic acids is 1. The van der Waals surface area contributed by atoms with Gasteiger partial charge in [-0.2, -0.15) is 0 Å². The standard InChI is InChI=1S/C18H28N2O/c1-4-7-13(2)19-18(21)14(3)20-17-11-10-15-8-5-6-9-16(15)12-17/h5-6,8-9,13-14,17,20H,4,7,10-12H2,1-3H3,(H,19,21). The maximum Gasteiger partial charge on any atom is 0.237 e. The molecule has 3 nitrogen and oxygen atoms in total. The van der Waals surface area contributed by atoms with E-state index in [0.29, 0.717) is 6.04 Å². The van der Waals surface area contributed by atoms with Crippen LogP contribution in [-0.2, 0) is 17.6 Å². The molecule has 2 rings (SSSR count). The highest BCUT2D eigenvalue weighted by molar-refractivity contribution is 5.81. The van der Waals surface area contributed by atoms with Gasteiger partial charge in [-0.25, -0.2) is 0 Å². The van der Waals surface area contributed by atoms with Crippen LogP contribution in [0.3, 0.4) is 0 Å². The van der Waals surface area contributed by atoms with Gasteiger partial charge in [0.15, 0.2) is 0 Å². The van der Waals surface area contributed by atoms with E-state index in [1.807, 2.05) is 6.92 Å². The molecule has 1 aliphatic rings. The highest BCUT2D eigenvalue weighted by Crippen LogP contribution is 2.21. The van der Waals surface area contributed by atoms with E-state index >= 15 is 0 Å². The molecule has 0 bridgehead atoms. The van der Waals surface area contributed by atoms with Gasteiger partial charge in [0.25, 0.3) is 0 Å². The highest BCUT2D eigenvalue weighted by atomic mass is 16.2. The first kappa shape index (κ1) is 16.0. The van der Waals surface area contributed by atoms with Crippen LogP contribution >= 0.6 is 0 Å². The summed E-state index contributed by atoms with van der Waals surface area (Å²) in [5, 5.41) is 6.58. The zero-order chi connectivity index (χ0) is 15.2. The van der Waals surface area contributed by atoms with E-state index in [4.69, 9.17) is 0 Å². The number of hydrogen-bond acceptors (Lipinski definition) is 2. The van der Waals surface area contributed by atoms with Crippen molar-refractivity contribution >= 4 is 5.91 Å². The third-order valence-corrected chi connectivity index (χ3v) is 4.34. The molecule has 3 heteroatoms. The number of amides is 1. The lowest BCUT2D eigenvalue weighted by Crippen LogP contribution is -2.50. The molecule has 1 amide bonds. The van der Waals surface area contributed by atoms with Gasteiger partial charge in [-0.3, -0.25) is 4.79 Å². The van der Waals surface area contributed by atoms with Crippen LogP contribution in [0.25, 0.3) is 0 Å². The number of aryl methyl sites for hydroxylation is 1. The first-order chi connectivity index (χ1) is 10.1. The number of fused-ring (bicyclic) bond motifs is 1. The number of hydrogen-bond donors (Lipinski definition) is 2. The molecule has 3 atom stereocenters. The van der Waals surface area contributed by atoms with E-state index in [1.165, 1.54) is 11.1 Å². The van der Waals surface area contributed by atoms with E-state index < -0.39 is 0 Å². The van der Waals surface area contributed by atoms with Gasteiger partial charge < -0.3 is 10.6 Å². The molecule has 1 aromatic carbocycles. The van der Waals surface area contributed by atoms with Crippen LogP contribution in [0.15, 0.2) is 24.3 Å². The van der Waals surface area contributed by atoms with Crippen molar-refractivity contribution in [2.24, 2.45) is 0 Å². The van der Waals surface area contributed by atoms with Crippen molar-refractivity contribution in [3.63, 3.8) is 0 Å². The Morgan fingerprint density at radius 3 is 2.71 bits per heavy atom. The van der Waals surface area contributed by atoms with Crippen molar-refractivity contribution in [3.05, 3.63) is 35.4 Å². The minimum Gasteiger partial charge on any atom is -0.352 e. The Morgan fingerprint density at radius 1 is 1.29 bits per heavy atom. The minimum atomic E-state index is -0.125. The van der Waals surface area contributed by atoms with Crippen LogP contribution in [-0.4, -0.2) is 24.0 Å². The molecule has 0 aliphatic heterocycles. The molecular formula is C18H28N2O. The molecule has 1 aromatic rings. The monoisotopic (exact) mass is 288 g/mol. The maximum atomic E-state index is 12.2. The fourth-order valence-corrected chi connectivity index (χ4v) is 3.14. The van der Waals surface area contributed by atoms with E-state index in [2.05, 4.69) is 48.7 Å². The van der Waals surface area contributed by atoms with Crippen LogP contribution in [0.2, 0.25) is 0 Å². The summed E-state index contributed by atoms with van der Waals surface area (Å²) in [6.45, 7) is 6.18. The Hall–Kier alpha value is -1.35. The summed E-state index contributed by atoms with van der Waals surface area (Å²) in [5.41, 5.74) is 2.89. The Morgan fingerprint density at radius 2 is 2.00 bits per heavy atom.